The van der Waals surface area contributed by atoms with Crippen LogP contribution in [0.5, 0.6) is 5.75 Å². The highest BCUT2D eigenvalue weighted by Crippen LogP contribution is 2.32. The second-order valence-corrected chi connectivity index (χ2v) is 4.51. The number of benzene rings is 1. The Labute approximate surface area is 107 Å². The van der Waals surface area contributed by atoms with Gasteiger partial charge in [-0.1, -0.05) is 18.2 Å². The summed E-state index contributed by atoms with van der Waals surface area (Å²) in [5.41, 5.74) is 1.82. The van der Waals surface area contributed by atoms with E-state index in [9.17, 15) is 4.79 Å². The molecule has 1 N–H and O–H groups in total. The van der Waals surface area contributed by atoms with E-state index in [1.54, 1.807) is 0 Å². The minimum atomic E-state index is -0.778. The van der Waals surface area contributed by atoms with Crippen molar-refractivity contribution in [2.24, 2.45) is 0 Å². The van der Waals surface area contributed by atoms with E-state index < -0.39 is 5.97 Å². The monoisotopic (exact) mass is 246 g/mol. The summed E-state index contributed by atoms with van der Waals surface area (Å²) in [7, 11) is 0. The summed E-state index contributed by atoms with van der Waals surface area (Å²) in [5, 5.41) is 8.91. The first-order valence-electron chi connectivity index (χ1n) is 6.35. The first kappa shape index (κ1) is 12.7. The van der Waals surface area contributed by atoms with Gasteiger partial charge in [-0.2, -0.15) is 0 Å². The van der Waals surface area contributed by atoms with Crippen LogP contribution in [0.4, 0.5) is 0 Å². The molecule has 3 heteroatoms. The largest absolute Gasteiger partial charge is 0.494 e. The van der Waals surface area contributed by atoms with Gasteiger partial charge in [-0.15, -0.1) is 0 Å². The van der Waals surface area contributed by atoms with Crippen molar-refractivity contribution in [3.8, 4) is 5.75 Å². The van der Waals surface area contributed by atoms with Crippen molar-refractivity contribution in [3.63, 3.8) is 0 Å². The smallest absolute Gasteiger partial charge is 0.331 e. The van der Waals surface area contributed by atoms with E-state index in [-0.39, 0.29) is 0 Å². The van der Waals surface area contributed by atoms with Crippen molar-refractivity contribution in [2.75, 3.05) is 6.61 Å². The molecule has 0 aromatic heterocycles. The SMILES string of the molecule is CCOc1ccc(C2CC=C(C(=O)O)CC2)cc1. The lowest BCUT2D eigenvalue weighted by molar-refractivity contribution is -0.132. The number of rotatable bonds is 4. The normalized spacial score (nSPS) is 19.2. The molecule has 0 spiro atoms. The van der Waals surface area contributed by atoms with Crippen molar-refractivity contribution in [1.29, 1.82) is 0 Å². The number of carbonyl (C=O) groups is 1. The van der Waals surface area contributed by atoms with Crippen LogP contribution in [0.2, 0.25) is 0 Å². The van der Waals surface area contributed by atoms with E-state index in [0.717, 1.165) is 18.6 Å². The van der Waals surface area contributed by atoms with Gasteiger partial charge in [0.25, 0.3) is 0 Å². The average Bonchev–Trinajstić information content (AvgIpc) is 2.40. The van der Waals surface area contributed by atoms with Crippen molar-refractivity contribution in [1.82, 2.24) is 0 Å². The third-order valence-electron chi connectivity index (χ3n) is 3.35. The predicted molar refractivity (Wildman–Crippen MR) is 69.9 cm³/mol. The van der Waals surface area contributed by atoms with E-state index in [1.807, 2.05) is 25.1 Å². The molecule has 0 fully saturated rings. The summed E-state index contributed by atoms with van der Waals surface area (Å²) >= 11 is 0. The van der Waals surface area contributed by atoms with Gasteiger partial charge >= 0.3 is 5.97 Å². The van der Waals surface area contributed by atoms with Gasteiger partial charge in [0, 0.05) is 5.57 Å². The Kier molecular flexibility index (Phi) is 4.03. The lowest BCUT2D eigenvalue weighted by Crippen LogP contribution is -2.09. The topological polar surface area (TPSA) is 46.5 Å². The number of allylic oxidation sites excluding steroid dienone is 1. The summed E-state index contributed by atoms with van der Waals surface area (Å²) in [4.78, 5) is 10.8. The Morgan fingerprint density at radius 1 is 1.39 bits per heavy atom. The highest BCUT2D eigenvalue weighted by atomic mass is 16.5. The summed E-state index contributed by atoms with van der Waals surface area (Å²) in [6.45, 7) is 2.64. The molecule has 0 bridgehead atoms. The lowest BCUT2D eigenvalue weighted by Gasteiger charge is -2.20. The van der Waals surface area contributed by atoms with Crippen LogP contribution in [-0.4, -0.2) is 17.7 Å². The van der Waals surface area contributed by atoms with Crippen molar-refractivity contribution >= 4 is 5.97 Å². The Morgan fingerprint density at radius 2 is 2.11 bits per heavy atom. The van der Waals surface area contributed by atoms with Crippen molar-refractivity contribution in [3.05, 3.63) is 41.5 Å². The molecule has 1 atom stereocenters. The molecule has 0 heterocycles. The second-order valence-electron chi connectivity index (χ2n) is 4.51. The summed E-state index contributed by atoms with van der Waals surface area (Å²) in [6.07, 6.45) is 4.24. The number of carboxylic acid groups (broad SMARTS) is 1. The number of hydrogen-bond acceptors (Lipinski definition) is 2. The molecule has 96 valence electrons. The molecule has 2 rings (SSSR count). The molecular weight excluding hydrogens is 228 g/mol. The standard InChI is InChI=1S/C15H18O3/c1-2-18-14-9-7-12(8-10-14)11-3-5-13(6-4-11)15(16)17/h5,7-11H,2-4,6H2,1H3,(H,16,17). The molecule has 0 amide bonds. The molecule has 18 heavy (non-hydrogen) atoms. The zero-order chi connectivity index (χ0) is 13.0. The van der Waals surface area contributed by atoms with Gasteiger partial charge in [0.05, 0.1) is 6.61 Å². The maximum Gasteiger partial charge on any atom is 0.331 e. The Balaban J connectivity index is 2.03. The molecule has 1 aliphatic rings. The van der Waals surface area contributed by atoms with Gasteiger partial charge < -0.3 is 9.84 Å². The zero-order valence-corrected chi connectivity index (χ0v) is 10.6. The molecule has 0 saturated carbocycles. The first-order valence-corrected chi connectivity index (χ1v) is 6.35. The van der Waals surface area contributed by atoms with Crippen LogP contribution in [-0.2, 0) is 4.79 Å². The van der Waals surface area contributed by atoms with E-state index in [1.165, 1.54) is 5.56 Å². The highest BCUT2D eigenvalue weighted by molar-refractivity contribution is 5.86. The van der Waals surface area contributed by atoms with Crippen LogP contribution in [0.1, 0.15) is 37.7 Å². The Bertz CT molecular complexity index is 445. The zero-order valence-electron chi connectivity index (χ0n) is 10.6. The maximum atomic E-state index is 10.8. The first-order chi connectivity index (χ1) is 8.70. The number of ether oxygens (including phenoxy) is 1. The molecule has 0 saturated heterocycles. The molecule has 0 aliphatic heterocycles. The second kappa shape index (κ2) is 5.71. The quantitative estimate of drug-likeness (QED) is 0.886. The van der Waals surface area contributed by atoms with Crippen LogP contribution in [0, 0.1) is 0 Å². The molecule has 3 nitrogen and oxygen atoms in total. The van der Waals surface area contributed by atoms with Gasteiger partial charge in [0.2, 0.25) is 0 Å². The van der Waals surface area contributed by atoms with E-state index >= 15 is 0 Å². The van der Waals surface area contributed by atoms with Crippen LogP contribution in [0.25, 0.3) is 0 Å². The van der Waals surface area contributed by atoms with Gasteiger partial charge in [-0.05, 0) is 49.8 Å². The minimum absolute atomic E-state index is 0.434. The van der Waals surface area contributed by atoms with Gasteiger partial charge in [-0.25, -0.2) is 4.79 Å². The van der Waals surface area contributed by atoms with E-state index in [4.69, 9.17) is 9.84 Å². The van der Waals surface area contributed by atoms with Crippen molar-refractivity contribution in [2.45, 2.75) is 32.1 Å². The molecular formula is C15H18O3. The molecule has 1 aromatic carbocycles. The fraction of sp³-hybridized carbons (Fsp3) is 0.400. The number of carboxylic acids is 1. The summed E-state index contributed by atoms with van der Waals surface area (Å²) < 4.78 is 5.41. The fourth-order valence-electron chi connectivity index (χ4n) is 2.33. The Morgan fingerprint density at radius 3 is 2.61 bits per heavy atom. The molecule has 0 radical (unpaired) electrons. The molecule has 1 aromatic rings. The van der Waals surface area contributed by atoms with E-state index in [2.05, 4.69) is 12.1 Å². The third-order valence-corrected chi connectivity index (χ3v) is 3.35. The third kappa shape index (κ3) is 2.92. The number of hydrogen-bond donors (Lipinski definition) is 1. The van der Waals surface area contributed by atoms with Crippen LogP contribution >= 0.6 is 0 Å². The summed E-state index contributed by atoms with van der Waals surface area (Å²) in [6, 6.07) is 8.12. The van der Waals surface area contributed by atoms with Crippen LogP contribution in [0.3, 0.4) is 0 Å². The molecule has 1 unspecified atom stereocenters. The van der Waals surface area contributed by atoms with Gasteiger partial charge in [-0.3, -0.25) is 0 Å². The predicted octanol–water partition coefficient (Wildman–Crippen LogP) is 3.36. The Hall–Kier alpha value is -1.77. The minimum Gasteiger partial charge on any atom is -0.494 e. The number of aliphatic carboxylic acids is 1. The molecule has 1 aliphatic carbocycles. The lowest BCUT2D eigenvalue weighted by atomic mass is 9.84. The average molecular weight is 246 g/mol. The van der Waals surface area contributed by atoms with Gasteiger partial charge in [0.1, 0.15) is 5.75 Å². The van der Waals surface area contributed by atoms with E-state index in [0.29, 0.717) is 24.5 Å². The van der Waals surface area contributed by atoms with Crippen LogP contribution < -0.4 is 4.74 Å². The van der Waals surface area contributed by atoms with Crippen molar-refractivity contribution < 1.29 is 14.6 Å². The maximum absolute atomic E-state index is 10.8. The van der Waals surface area contributed by atoms with Crippen LogP contribution in [0.15, 0.2) is 35.9 Å². The highest BCUT2D eigenvalue weighted by Gasteiger charge is 2.19. The summed E-state index contributed by atoms with van der Waals surface area (Å²) in [5.74, 6) is 0.544. The fourth-order valence-corrected chi connectivity index (χ4v) is 2.33. The van der Waals surface area contributed by atoms with Gasteiger partial charge in [0.15, 0.2) is 0 Å².